The van der Waals surface area contributed by atoms with Crippen molar-refractivity contribution in [3.63, 3.8) is 0 Å². The van der Waals surface area contributed by atoms with E-state index in [0.29, 0.717) is 0 Å². The van der Waals surface area contributed by atoms with E-state index >= 15 is 0 Å². The molecule has 0 N–H and O–H groups in total. The Bertz CT molecular complexity index is 884. The van der Waals surface area contributed by atoms with Crippen LogP contribution in [0.15, 0.2) is 64.8 Å². The van der Waals surface area contributed by atoms with Crippen molar-refractivity contribution in [3.05, 3.63) is 70.8 Å². The predicted molar refractivity (Wildman–Crippen MR) is 111 cm³/mol. The monoisotopic (exact) mass is 396 g/mol. The largest absolute Gasteiger partial charge is 0.497 e. The van der Waals surface area contributed by atoms with Crippen LogP contribution in [0.4, 0.5) is 5.69 Å². The molecule has 3 aromatic rings. The molecule has 5 nitrogen and oxygen atoms in total. The van der Waals surface area contributed by atoms with Gasteiger partial charge in [0.1, 0.15) is 5.75 Å². The summed E-state index contributed by atoms with van der Waals surface area (Å²) in [6.07, 6.45) is 5.39. The molecule has 0 unspecified atom stereocenters. The Kier molecular flexibility index (Phi) is 5.78. The molecule has 1 amide bonds. The van der Waals surface area contributed by atoms with Gasteiger partial charge in [-0.1, -0.05) is 12.1 Å². The number of piperidine rings is 1. The van der Waals surface area contributed by atoms with Gasteiger partial charge in [0.2, 0.25) is 0 Å². The number of furan rings is 1. The van der Waals surface area contributed by atoms with Gasteiger partial charge in [-0.15, -0.1) is 11.3 Å². The third kappa shape index (κ3) is 4.13. The molecule has 1 aliphatic rings. The molecular weight excluding hydrogens is 372 g/mol. The molecule has 4 rings (SSSR count). The van der Waals surface area contributed by atoms with Crippen molar-refractivity contribution in [3.8, 4) is 5.75 Å². The van der Waals surface area contributed by atoms with Crippen molar-refractivity contribution in [2.75, 3.05) is 25.1 Å². The normalized spacial score (nSPS) is 15.5. The number of benzene rings is 1. The van der Waals surface area contributed by atoms with Crippen LogP contribution >= 0.6 is 11.3 Å². The third-order valence-corrected chi connectivity index (χ3v) is 6.05. The van der Waals surface area contributed by atoms with E-state index < -0.39 is 0 Å². The van der Waals surface area contributed by atoms with Crippen LogP contribution in [0.5, 0.6) is 5.75 Å². The van der Waals surface area contributed by atoms with Crippen molar-refractivity contribution in [1.29, 1.82) is 0 Å². The van der Waals surface area contributed by atoms with E-state index in [1.807, 2.05) is 52.7 Å². The van der Waals surface area contributed by atoms with Crippen LogP contribution in [0.3, 0.4) is 0 Å². The highest BCUT2D eigenvalue weighted by Gasteiger charge is 2.30. The number of amides is 1. The van der Waals surface area contributed by atoms with Crippen molar-refractivity contribution in [2.24, 2.45) is 0 Å². The number of carbonyl (C=O) groups is 1. The summed E-state index contributed by atoms with van der Waals surface area (Å²) in [5, 5.41) is 1.95. The van der Waals surface area contributed by atoms with E-state index in [0.717, 1.165) is 48.8 Å². The Labute approximate surface area is 169 Å². The van der Waals surface area contributed by atoms with Crippen LogP contribution in [-0.2, 0) is 6.54 Å². The molecule has 0 spiro atoms. The molecule has 1 aliphatic heterocycles. The molecule has 28 heavy (non-hydrogen) atoms. The van der Waals surface area contributed by atoms with E-state index in [9.17, 15) is 4.79 Å². The average Bonchev–Trinajstić information content (AvgIpc) is 3.44. The van der Waals surface area contributed by atoms with Crippen molar-refractivity contribution >= 4 is 22.9 Å². The minimum atomic E-state index is 0.0662. The molecule has 0 saturated carbocycles. The number of likely N-dealkylation sites (tertiary alicyclic amines) is 1. The highest BCUT2D eigenvalue weighted by Crippen LogP contribution is 2.30. The van der Waals surface area contributed by atoms with Gasteiger partial charge < -0.3 is 14.1 Å². The van der Waals surface area contributed by atoms with Crippen LogP contribution in [0, 0.1) is 0 Å². The molecule has 3 heterocycles. The quantitative estimate of drug-likeness (QED) is 0.608. The van der Waals surface area contributed by atoms with Gasteiger partial charge in [0.05, 0.1) is 24.5 Å². The van der Waals surface area contributed by atoms with Gasteiger partial charge in [0.25, 0.3) is 5.91 Å². The molecule has 0 atom stereocenters. The maximum absolute atomic E-state index is 13.3. The minimum absolute atomic E-state index is 0.0662. The van der Waals surface area contributed by atoms with E-state index in [4.69, 9.17) is 9.15 Å². The van der Waals surface area contributed by atoms with Crippen LogP contribution in [0.2, 0.25) is 0 Å². The Hall–Kier alpha value is -2.57. The summed E-state index contributed by atoms with van der Waals surface area (Å²) in [5.74, 6) is 0.829. The number of ether oxygens (including phenoxy) is 1. The first-order valence-corrected chi connectivity index (χ1v) is 10.4. The standard InChI is InChI=1S/C22H24N2O3S/c1-26-20-5-2-4-19(14-20)24(22(25)21-6-3-13-28-21)18-7-10-23(11-8-18)15-17-9-12-27-16-17/h2-6,9,12-14,16,18H,7-8,10-11,15H2,1H3. The fraction of sp³-hybridized carbons (Fsp3) is 0.318. The molecule has 0 bridgehead atoms. The van der Waals surface area contributed by atoms with E-state index in [1.165, 1.54) is 16.9 Å². The van der Waals surface area contributed by atoms with Gasteiger partial charge in [-0.3, -0.25) is 9.69 Å². The molecule has 2 aromatic heterocycles. The number of thiophene rings is 1. The lowest BCUT2D eigenvalue weighted by Crippen LogP contribution is -2.47. The Morgan fingerprint density at radius 3 is 2.79 bits per heavy atom. The molecule has 1 aromatic carbocycles. The number of hydrogen-bond donors (Lipinski definition) is 0. The molecule has 0 radical (unpaired) electrons. The van der Waals surface area contributed by atoms with Crippen molar-refractivity contribution < 1.29 is 13.9 Å². The second kappa shape index (κ2) is 8.63. The Morgan fingerprint density at radius 2 is 2.11 bits per heavy atom. The summed E-state index contributed by atoms with van der Waals surface area (Å²) in [7, 11) is 1.65. The predicted octanol–water partition coefficient (Wildman–Crippen LogP) is 4.66. The third-order valence-electron chi connectivity index (χ3n) is 5.19. The highest BCUT2D eigenvalue weighted by molar-refractivity contribution is 7.12. The van der Waals surface area contributed by atoms with Crippen LogP contribution in [-0.4, -0.2) is 37.0 Å². The second-order valence-electron chi connectivity index (χ2n) is 6.99. The summed E-state index contributed by atoms with van der Waals surface area (Å²) in [6.45, 7) is 2.79. The lowest BCUT2D eigenvalue weighted by Gasteiger charge is -2.38. The van der Waals surface area contributed by atoms with E-state index in [-0.39, 0.29) is 11.9 Å². The van der Waals surface area contributed by atoms with Gasteiger partial charge in [-0.2, -0.15) is 0 Å². The molecular formula is C22H24N2O3S. The summed E-state index contributed by atoms with van der Waals surface area (Å²) in [4.78, 5) is 18.5. The van der Waals surface area contributed by atoms with Gasteiger partial charge in [0, 0.05) is 43.0 Å². The zero-order valence-electron chi connectivity index (χ0n) is 15.9. The van der Waals surface area contributed by atoms with Crippen LogP contribution in [0.25, 0.3) is 0 Å². The van der Waals surface area contributed by atoms with Gasteiger partial charge in [-0.05, 0) is 42.5 Å². The topological polar surface area (TPSA) is 45.9 Å². The first kappa shape index (κ1) is 18.8. The summed E-state index contributed by atoms with van der Waals surface area (Å²) < 4.78 is 10.6. The van der Waals surface area contributed by atoms with Crippen molar-refractivity contribution in [2.45, 2.75) is 25.4 Å². The van der Waals surface area contributed by atoms with Gasteiger partial charge in [0.15, 0.2) is 0 Å². The van der Waals surface area contributed by atoms with E-state index in [1.54, 1.807) is 19.6 Å². The number of methoxy groups -OCH3 is 1. The van der Waals surface area contributed by atoms with Crippen LogP contribution in [0.1, 0.15) is 28.1 Å². The summed E-state index contributed by atoms with van der Waals surface area (Å²) in [5.41, 5.74) is 2.09. The molecule has 1 saturated heterocycles. The number of anilines is 1. The number of rotatable bonds is 6. The Balaban J connectivity index is 1.53. The SMILES string of the molecule is COc1cccc(N(C(=O)c2cccs2)C2CCN(Cc3ccoc3)CC2)c1. The smallest absolute Gasteiger partial charge is 0.268 e. The zero-order chi connectivity index (χ0) is 19.3. The fourth-order valence-corrected chi connectivity index (χ4v) is 4.41. The number of carbonyl (C=O) groups excluding carboxylic acids is 1. The zero-order valence-corrected chi connectivity index (χ0v) is 16.7. The minimum Gasteiger partial charge on any atom is -0.497 e. The first-order chi connectivity index (χ1) is 13.7. The summed E-state index contributed by atoms with van der Waals surface area (Å²) in [6, 6.07) is 13.8. The maximum atomic E-state index is 13.3. The molecule has 1 fully saturated rings. The molecule has 146 valence electrons. The lowest BCUT2D eigenvalue weighted by molar-refractivity contribution is 0.0962. The molecule has 0 aliphatic carbocycles. The lowest BCUT2D eigenvalue weighted by atomic mass is 10.0. The van der Waals surface area contributed by atoms with Gasteiger partial charge >= 0.3 is 0 Å². The van der Waals surface area contributed by atoms with Crippen LogP contribution < -0.4 is 9.64 Å². The maximum Gasteiger partial charge on any atom is 0.268 e. The summed E-state index contributed by atoms with van der Waals surface area (Å²) >= 11 is 1.49. The number of hydrogen-bond acceptors (Lipinski definition) is 5. The first-order valence-electron chi connectivity index (χ1n) is 9.49. The number of nitrogens with zero attached hydrogens (tertiary/aromatic N) is 2. The second-order valence-corrected chi connectivity index (χ2v) is 7.94. The average molecular weight is 397 g/mol. The highest BCUT2D eigenvalue weighted by atomic mass is 32.1. The van der Waals surface area contributed by atoms with Crippen molar-refractivity contribution in [1.82, 2.24) is 4.90 Å². The fourth-order valence-electron chi connectivity index (χ4n) is 3.75. The Morgan fingerprint density at radius 1 is 1.25 bits per heavy atom. The van der Waals surface area contributed by atoms with E-state index in [2.05, 4.69) is 4.90 Å². The van der Waals surface area contributed by atoms with Gasteiger partial charge in [-0.25, -0.2) is 0 Å². The molecule has 6 heteroatoms.